The van der Waals surface area contributed by atoms with Crippen LogP contribution in [0.15, 0.2) is 41.7 Å². The number of hydrogen-bond donors (Lipinski definition) is 1. The monoisotopic (exact) mass is 284 g/mol. The van der Waals surface area contributed by atoms with Gasteiger partial charge in [0, 0.05) is 6.21 Å². The summed E-state index contributed by atoms with van der Waals surface area (Å²) in [5.41, 5.74) is 2.99. The lowest BCUT2D eigenvalue weighted by molar-refractivity contribution is -0.167. The van der Waals surface area contributed by atoms with E-state index in [4.69, 9.17) is 5.73 Å². The Kier molecular flexibility index (Phi) is 3.41. The molecule has 20 heavy (non-hydrogen) atoms. The molecule has 1 aromatic rings. The summed E-state index contributed by atoms with van der Waals surface area (Å²) in [6, 6.07) is 3.22. The van der Waals surface area contributed by atoms with E-state index in [0.717, 1.165) is 18.3 Å². The number of nitrogens with two attached hydrogens (primary N) is 1. The Balaban J connectivity index is 2.69. The Morgan fingerprint density at radius 2 is 2.05 bits per heavy atom. The maximum atomic E-state index is 13.5. The van der Waals surface area contributed by atoms with Crippen LogP contribution in [0.25, 0.3) is 6.08 Å². The first kappa shape index (κ1) is 14.3. The maximum Gasteiger partial charge on any atom is 0.403 e. The highest BCUT2D eigenvalue weighted by atomic mass is 19.4. The zero-order valence-corrected chi connectivity index (χ0v) is 10.4. The van der Waals surface area contributed by atoms with E-state index in [1.54, 1.807) is 0 Å². The van der Waals surface area contributed by atoms with Crippen molar-refractivity contribution in [2.75, 3.05) is 0 Å². The third-order valence-electron chi connectivity index (χ3n) is 3.29. The quantitative estimate of drug-likeness (QED) is 0.829. The molecule has 0 amide bonds. The number of hydrogen-bond acceptors (Lipinski definition) is 2. The molecular formula is C14H12F4N2. The van der Waals surface area contributed by atoms with Crippen molar-refractivity contribution in [1.82, 2.24) is 0 Å². The number of benzene rings is 1. The van der Waals surface area contributed by atoms with E-state index in [-0.39, 0.29) is 16.9 Å². The Morgan fingerprint density at radius 1 is 1.35 bits per heavy atom. The predicted molar refractivity (Wildman–Crippen MR) is 69.6 cm³/mol. The van der Waals surface area contributed by atoms with Gasteiger partial charge < -0.3 is 5.73 Å². The zero-order valence-electron chi connectivity index (χ0n) is 10.4. The first-order valence-electron chi connectivity index (χ1n) is 5.80. The van der Waals surface area contributed by atoms with Crippen molar-refractivity contribution in [3.05, 3.63) is 53.6 Å². The van der Waals surface area contributed by atoms with Crippen LogP contribution in [0.4, 0.5) is 17.6 Å². The minimum Gasteiger partial charge on any atom is -0.384 e. The molecule has 1 aromatic carbocycles. The van der Waals surface area contributed by atoms with E-state index in [1.807, 2.05) is 0 Å². The fourth-order valence-electron chi connectivity index (χ4n) is 2.17. The Labute approximate surface area is 113 Å². The van der Waals surface area contributed by atoms with Gasteiger partial charge in [-0.25, -0.2) is 9.38 Å². The zero-order chi connectivity index (χ0) is 15.0. The molecule has 0 fully saturated rings. The predicted octanol–water partition coefficient (Wildman–Crippen LogP) is 3.54. The van der Waals surface area contributed by atoms with E-state index in [1.165, 1.54) is 18.2 Å². The summed E-state index contributed by atoms with van der Waals surface area (Å²) in [5.74, 6) is -0.730. The van der Waals surface area contributed by atoms with Crippen molar-refractivity contribution in [2.45, 2.75) is 18.0 Å². The SMILES string of the molecule is C=Cc1ccc(F)cc1C1(C(F)(F)F)C=NC(N)=CC1. The van der Waals surface area contributed by atoms with Crippen LogP contribution in [0.3, 0.4) is 0 Å². The van der Waals surface area contributed by atoms with Crippen LogP contribution in [-0.2, 0) is 5.41 Å². The lowest BCUT2D eigenvalue weighted by atomic mass is 9.74. The second-order valence-electron chi connectivity index (χ2n) is 4.50. The van der Waals surface area contributed by atoms with Gasteiger partial charge in [0.05, 0.1) is 0 Å². The van der Waals surface area contributed by atoms with Crippen LogP contribution in [0.1, 0.15) is 17.5 Å². The van der Waals surface area contributed by atoms with Gasteiger partial charge in [0.1, 0.15) is 17.1 Å². The molecule has 1 aliphatic heterocycles. The summed E-state index contributed by atoms with van der Waals surface area (Å²) in [7, 11) is 0. The van der Waals surface area contributed by atoms with Crippen molar-refractivity contribution in [1.29, 1.82) is 0 Å². The summed E-state index contributed by atoms with van der Waals surface area (Å²) in [6.07, 6.45) is -1.86. The first-order valence-corrected chi connectivity index (χ1v) is 5.80. The summed E-state index contributed by atoms with van der Waals surface area (Å²) >= 11 is 0. The molecule has 0 saturated carbocycles. The molecule has 0 spiro atoms. The van der Waals surface area contributed by atoms with Crippen LogP contribution in [0.5, 0.6) is 0 Å². The fourth-order valence-corrected chi connectivity index (χ4v) is 2.17. The third-order valence-corrected chi connectivity index (χ3v) is 3.29. The molecule has 6 heteroatoms. The van der Waals surface area contributed by atoms with Crippen LogP contribution in [0, 0.1) is 5.82 Å². The first-order chi connectivity index (χ1) is 9.30. The van der Waals surface area contributed by atoms with Crippen molar-refractivity contribution in [3.63, 3.8) is 0 Å². The highest BCUT2D eigenvalue weighted by Gasteiger charge is 2.55. The van der Waals surface area contributed by atoms with Gasteiger partial charge in [0.25, 0.3) is 0 Å². The van der Waals surface area contributed by atoms with Gasteiger partial charge >= 0.3 is 6.18 Å². The van der Waals surface area contributed by atoms with E-state index < -0.39 is 23.8 Å². The van der Waals surface area contributed by atoms with Crippen LogP contribution in [-0.4, -0.2) is 12.4 Å². The summed E-state index contributed by atoms with van der Waals surface area (Å²) in [5, 5.41) is 0. The summed E-state index contributed by atoms with van der Waals surface area (Å²) in [6.45, 7) is 3.47. The van der Waals surface area contributed by atoms with Gasteiger partial charge in [-0.15, -0.1) is 0 Å². The fraction of sp³-hybridized carbons (Fsp3) is 0.214. The highest BCUT2D eigenvalue weighted by Crippen LogP contribution is 2.46. The topological polar surface area (TPSA) is 38.4 Å². The minimum atomic E-state index is -4.63. The molecule has 0 aromatic heterocycles. The van der Waals surface area contributed by atoms with E-state index in [9.17, 15) is 17.6 Å². The van der Waals surface area contributed by atoms with Gasteiger partial charge in [-0.1, -0.05) is 18.7 Å². The number of allylic oxidation sites excluding steroid dienone is 1. The van der Waals surface area contributed by atoms with Gasteiger partial charge in [-0.05, 0) is 35.8 Å². The van der Waals surface area contributed by atoms with Crippen LogP contribution < -0.4 is 5.73 Å². The second-order valence-corrected chi connectivity index (χ2v) is 4.50. The second kappa shape index (κ2) is 4.77. The molecule has 1 atom stereocenters. The number of nitrogens with zero attached hydrogens (tertiary/aromatic N) is 1. The lowest BCUT2D eigenvalue weighted by Gasteiger charge is -2.34. The Morgan fingerprint density at radius 3 is 2.55 bits per heavy atom. The number of halogens is 4. The van der Waals surface area contributed by atoms with Crippen molar-refractivity contribution in [2.24, 2.45) is 10.7 Å². The van der Waals surface area contributed by atoms with Gasteiger partial charge in [0.15, 0.2) is 0 Å². The van der Waals surface area contributed by atoms with E-state index in [2.05, 4.69) is 11.6 Å². The summed E-state index contributed by atoms with van der Waals surface area (Å²) < 4.78 is 54.0. The average Bonchev–Trinajstić information content (AvgIpc) is 2.38. The lowest BCUT2D eigenvalue weighted by Crippen LogP contribution is -2.45. The van der Waals surface area contributed by atoms with E-state index >= 15 is 0 Å². The molecule has 1 aliphatic rings. The minimum absolute atomic E-state index is 0.0152. The Hall–Kier alpha value is -2.11. The molecule has 0 radical (unpaired) electrons. The Bertz CT molecular complexity index is 602. The molecule has 1 heterocycles. The van der Waals surface area contributed by atoms with Gasteiger partial charge in [0.2, 0.25) is 0 Å². The third kappa shape index (κ3) is 2.21. The summed E-state index contributed by atoms with van der Waals surface area (Å²) in [4.78, 5) is 3.57. The number of aliphatic imine (C=N–C) groups is 1. The van der Waals surface area contributed by atoms with Crippen LogP contribution in [0.2, 0.25) is 0 Å². The van der Waals surface area contributed by atoms with Crippen LogP contribution >= 0.6 is 0 Å². The molecular weight excluding hydrogens is 272 g/mol. The molecule has 2 N–H and O–H groups in total. The molecule has 0 bridgehead atoms. The molecule has 0 saturated heterocycles. The molecule has 0 aliphatic carbocycles. The standard InChI is InChI=1S/C14H12F4N2/c1-2-9-3-4-10(15)7-11(9)13(14(16,17)18)6-5-12(19)20-8-13/h2-5,7-8H,1,6,19H2. The van der Waals surface area contributed by atoms with E-state index in [0.29, 0.717) is 0 Å². The average molecular weight is 284 g/mol. The highest BCUT2D eigenvalue weighted by molar-refractivity contribution is 5.80. The van der Waals surface area contributed by atoms with Gasteiger partial charge in [-0.2, -0.15) is 13.2 Å². The molecule has 2 rings (SSSR count). The maximum absolute atomic E-state index is 13.5. The normalized spacial score (nSPS) is 22.5. The molecule has 1 unspecified atom stereocenters. The van der Waals surface area contributed by atoms with Crippen molar-refractivity contribution < 1.29 is 17.6 Å². The molecule has 2 nitrogen and oxygen atoms in total. The smallest absolute Gasteiger partial charge is 0.384 e. The molecule has 106 valence electrons. The number of alkyl halides is 3. The number of rotatable bonds is 2. The largest absolute Gasteiger partial charge is 0.403 e. The van der Waals surface area contributed by atoms with Crippen molar-refractivity contribution >= 4 is 12.3 Å². The van der Waals surface area contributed by atoms with Crippen molar-refractivity contribution in [3.8, 4) is 0 Å². The van der Waals surface area contributed by atoms with Gasteiger partial charge in [-0.3, -0.25) is 0 Å².